The van der Waals surface area contributed by atoms with Crippen molar-refractivity contribution >= 4 is 17.6 Å². The summed E-state index contributed by atoms with van der Waals surface area (Å²) in [4.78, 5) is 28.3. The number of urea groups is 1. The fourth-order valence-corrected chi connectivity index (χ4v) is 3.41. The molecule has 0 aromatic heterocycles. The number of hydrogen-bond donors (Lipinski definition) is 1. The van der Waals surface area contributed by atoms with E-state index in [4.69, 9.17) is 0 Å². The van der Waals surface area contributed by atoms with Gasteiger partial charge in [0.05, 0.1) is 0 Å². The lowest BCUT2D eigenvalue weighted by Gasteiger charge is -2.22. The van der Waals surface area contributed by atoms with Gasteiger partial charge in [-0.1, -0.05) is 25.8 Å². The van der Waals surface area contributed by atoms with Gasteiger partial charge in [-0.05, 0) is 49.8 Å². The molecule has 0 bridgehead atoms. The van der Waals surface area contributed by atoms with E-state index in [1.165, 1.54) is 19.3 Å². The van der Waals surface area contributed by atoms with Gasteiger partial charge in [0.25, 0.3) is 5.91 Å². The quantitative estimate of drug-likeness (QED) is 0.892. The van der Waals surface area contributed by atoms with E-state index in [9.17, 15) is 9.59 Å². The number of benzene rings is 1. The fourth-order valence-electron chi connectivity index (χ4n) is 3.41. The van der Waals surface area contributed by atoms with Crippen LogP contribution >= 0.6 is 0 Å². The first-order chi connectivity index (χ1) is 11.9. The largest absolute Gasteiger partial charge is 0.345 e. The first kappa shape index (κ1) is 19.3. The Morgan fingerprint density at radius 1 is 1.24 bits per heavy atom. The van der Waals surface area contributed by atoms with Crippen molar-refractivity contribution in [2.75, 3.05) is 32.5 Å². The maximum atomic E-state index is 12.7. The van der Waals surface area contributed by atoms with Gasteiger partial charge in [0.1, 0.15) is 0 Å². The number of carbonyl (C=O) groups excluding carboxylic acids is 2. The first-order valence-electron chi connectivity index (χ1n) is 9.30. The van der Waals surface area contributed by atoms with Crippen molar-refractivity contribution < 1.29 is 9.59 Å². The highest BCUT2D eigenvalue weighted by Gasteiger charge is 2.21. The average Bonchev–Trinajstić information content (AvgIpc) is 2.82. The van der Waals surface area contributed by atoms with Gasteiger partial charge in [0.15, 0.2) is 0 Å². The molecule has 5 heteroatoms. The van der Waals surface area contributed by atoms with E-state index in [1.807, 2.05) is 17.9 Å². The van der Waals surface area contributed by atoms with Gasteiger partial charge in [0, 0.05) is 38.4 Å². The second-order valence-corrected chi connectivity index (χ2v) is 7.23. The lowest BCUT2D eigenvalue weighted by atomic mass is 9.96. The Morgan fingerprint density at radius 3 is 2.68 bits per heavy atom. The van der Waals surface area contributed by atoms with Crippen LogP contribution in [0, 0.1) is 12.8 Å². The Labute approximate surface area is 151 Å². The molecule has 1 fully saturated rings. The molecule has 1 aliphatic heterocycles. The number of aryl methyl sites for hydroxylation is 1. The van der Waals surface area contributed by atoms with E-state index in [0.29, 0.717) is 11.3 Å². The molecule has 1 N–H and O–H groups in total. The summed E-state index contributed by atoms with van der Waals surface area (Å²) in [5.41, 5.74) is 2.26. The molecule has 1 saturated heterocycles. The third-order valence-electron chi connectivity index (χ3n) is 4.96. The highest BCUT2D eigenvalue weighted by atomic mass is 16.2. The topological polar surface area (TPSA) is 52.7 Å². The third kappa shape index (κ3) is 5.21. The summed E-state index contributed by atoms with van der Waals surface area (Å²) in [5.74, 6) is 0.679. The number of amides is 3. The number of carbonyl (C=O) groups is 2. The van der Waals surface area contributed by atoms with Gasteiger partial charge in [-0.25, -0.2) is 4.79 Å². The van der Waals surface area contributed by atoms with Crippen LogP contribution in [0.1, 0.15) is 54.9 Å². The molecular weight excluding hydrogens is 314 g/mol. The van der Waals surface area contributed by atoms with Gasteiger partial charge in [-0.3, -0.25) is 4.79 Å². The van der Waals surface area contributed by atoms with Gasteiger partial charge in [-0.15, -0.1) is 0 Å². The summed E-state index contributed by atoms with van der Waals surface area (Å²) in [6, 6.07) is 5.39. The molecule has 0 unspecified atom stereocenters. The van der Waals surface area contributed by atoms with Crippen LogP contribution < -0.4 is 5.32 Å². The average molecular weight is 345 g/mol. The zero-order chi connectivity index (χ0) is 18.4. The van der Waals surface area contributed by atoms with Gasteiger partial charge in [-0.2, -0.15) is 0 Å². The third-order valence-corrected chi connectivity index (χ3v) is 4.96. The lowest BCUT2D eigenvalue weighted by Crippen LogP contribution is -2.36. The number of anilines is 1. The Kier molecular flexibility index (Phi) is 6.85. The van der Waals surface area contributed by atoms with Crippen LogP contribution in [0.25, 0.3) is 0 Å². The van der Waals surface area contributed by atoms with Crippen LogP contribution in [0.3, 0.4) is 0 Å². The summed E-state index contributed by atoms with van der Waals surface area (Å²) in [6.07, 6.45) is 5.82. The molecule has 5 nitrogen and oxygen atoms in total. The summed E-state index contributed by atoms with van der Waals surface area (Å²) < 4.78 is 0. The number of likely N-dealkylation sites (tertiary alicyclic amines) is 1. The zero-order valence-electron chi connectivity index (χ0n) is 16.0. The van der Waals surface area contributed by atoms with Gasteiger partial charge in [0.2, 0.25) is 0 Å². The summed E-state index contributed by atoms with van der Waals surface area (Å²) in [6.45, 7) is 5.78. The van der Waals surface area contributed by atoms with Crippen LogP contribution in [0.5, 0.6) is 0 Å². The summed E-state index contributed by atoms with van der Waals surface area (Å²) in [5, 5.41) is 3.00. The summed E-state index contributed by atoms with van der Waals surface area (Å²) in [7, 11) is 3.45. The molecule has 2 rings (SSSR count). The second kappa shape index (κ2) is 8.88. The van der Waals surface area contributed by atoms with E-state index in [2.05, 4.69) is 12.2 Å². The smallest absolute Gasteiger partial charge is 0.321 e. The van der Waals surface area contributed by atoms with Crippen molar-refractivity contribution in [2.45, 2.75) is 46.0 Å². The minimum absolute atomic E-state index is 0.0605. The monoisotopic (exact) mass is 345 g/mol. The predicted molar refractivity (Wildman–Crippen MR) is 102 cm³/mol. The number of nitrogens with one attached hydrogen (secondary N) is 1. The highest BCUT2D eigenvalue weighted by molar-refractivity contribution is 5.97. The molecule has 1 aromatic rings. The van der Waals surface area contributed by atoms with Gasteiger partial charge < -0.3 is 15.1 Å². The summed E-state index contributed by atoms with van der Waals surface area (Å²) >= 11 is 0. The lowest BCUT2D eigenvalue weighted by molar-refractivity contribution is 0.0827. The normalized spacial score (nSPS) is 17.8. The molecule has 3 amide bonds. The van der Waals surface area contributed by atoms with Crippen molar-refractivity contribution in [1.29, 1.82) is 0 Å². The standard InChI is InChI=1S/C20H31N3O2/c1-5-7-16-8-6-12-23(13-11-16)20(25)21-18-14-17(10-9-15(18)2)19(24)22(3)4/h9-10,14,16H,5-8,11-13H2,1-4H3,(H,21,25)/t16-/m1/s1. The SMILES string of the molecule is CCC[C@@H]1CCCN(C(=O)Nc2cc(C(=O)N(C)C)ccc2C)CC1. The number of hydrogen-bond acceptors (Lipinski definition) is 2. The number of rotatable bonds is 4. The van der Waals surface area contributed by atoms with Crippen molar-refractivity contribution in [3.63, 3.8) is 0 Å². The zero-order valence-corrected chi connectivity index (χ0v) is 16.0. The number of nitrogens with zero attached hydrogens (tertiary/aromatic N) is 2. The molecule has 1 aliphatic rings. The molecule has 138 valence electrons. The Bertz CT molecular complexity index is 613. The van der Waals surface area contributed by atoms with Crippen LogP contribution in [-0.2, 0) is 0 Å². The van der Waals surface area contributed by atoms with Crippen LogP contribution in [0.2, 0.25) is 0 Å². The molecule has 1 atom stereocenters. The molecular formula is C20H31N3O2. The minimum Gasteiger partial charge on any atom is -0.345 e. The van der Waals surface area contributed by atoms with E-state index < -0.39 is 0 Å². The van der Waals surface area contributed by atoms with Crippen LogP contribution in [-0.4, -0.2) is 48.9 Å². The predicted octanol–water partition coefficient (Wildman–Crippen LogP) is 4.13. The van der Waals surface area contributed by atoms with E-state index in [-0.39, 0.29) is 11.9 Å². The molecule has 1 aromatic carbocycles. The minimum atomic E-state index is -0.0623. The second-order valence-electron chi connectivity index (χ2n) is 7.23. The van der Waals surface area contributed by atoms with Crippen molar-refractivity contribution in [3.8, 4) is 0 Å². The molecule has 25 heavy (non-hydrogen) atoms. The molecule has 0 spiro atoms. The van der Waals surface area contributed by atoms with Crippen molar-refractivity contribution in [3.05, 3.63) is 29.3 Å². The van der Waals surface area contributed by atoms with Gasteiger partial charge >= 0.3 is 6.03 Å². The Morgan fingerprint density at radius 2 is 2.00 bits per heavy atom. The van der Waals surface area contributed by atoms with E-state index >= 15 is 0 Å². The van der Waals surface area contributed by atoms with E-state index in [1.54, 1.807) is 31.1 Å². The molecule has 0 saturated carbocycles. The first-order valence-corrected chi connectivity index (χ1v) is 9.30. The molecule has 1 heterocycles. The molecule has 0 aliphatic carbocycles. The fraction of sp³-hybridized carbons (Fsp3) is 0.600. The maximum Gasteiger partial charge on any atom is 0.321 e. The molecule has 0 radical (unpaired) electrons. The Hall–Kier alpha value is -2.04. The van der Waals surface area contributed by atoms with E-state index in [0.717, 1.165) is 37.4 Å². The van der Waals surface area contributed by atoms with Crippen molar-refractivity contribution in [2.24, 2.45) is 5.92 Å². The highest BCUT2D eigenvalue weighted by Crippen LogP contribution is 2.23. The maximum absolute atomic E-state index is 12.7. The van der Waals surface area contributed by atoms with Crippen LogP contribution in [0.4, 0.5) is 10.5 Å². The Balaban J connectivity index is 2.04. The van der Waals surface area contributed by atoms with Crippen LogP contribution in [0.15, 0.2) is 18.2 Å². The van der Waals surface area contributed by atoms with Crippen molar-refractivity contribution in [1.82, 2.24) is 9.80 Å².